The Bertz CT molecular complexity index is 969. The summed E-state index contributed by atoms with van der Waals surface area (Å²) in [6.45, 7) is 6.35. The minimum atomic E-state index is 0.167. The van der Waals surface area contributed by atoms with Crippen molar-refractivity contribution in [2.24, 2.45) is 0 Å². The number of carbonyl (C=O) groups is 1. The molecule has 0 aliphatic carbocycles. The molecule has 0 spiro atoms. The van der Waals surface area contributed by atoms with Crippen LogP contribution in [0.1, 0.15) is 16.8 Å². The lowest BCUT2D eigenvalue weighted by Crippen LogP contribution is -2.49. The lowest BCUT2D eigenvalue weighted by molar-refractivity contribution is -0.132. The van der Waals surface area contributed by atoms with Crippen molar-refractivity contribution in [1.82, 2.24) is 19.2 Å². The van der Waals surface area contributed by atoms with Gasteiger partial charge in [0.05, 0.1) is 12.1 Å². The number of aromatic nitrogens is 2. The molecule has 3 heterocycles. The molecule has 0 N–H and O–H groups in total. The van der Waals surface area contributed by atoms with Gasteiger partial charge in [-0.25, -0.2) is 4.98 Å². The quantitative estimate of drug-likeness (QED) is 0.689. The fourth-order valence-electron chi connectivity index (χ4n) is 3.64. The minimum absolute atomic E-state index is 0.167. The Morgan fingerprint density at radius 2 is 1.86 bits per heavy atom. The van der Waals surface area contributed by atoms with Gasteiger partial charge in [0.1, 0.15) is 5.65 Å². The molecule has 28 heavy (non-hydrogen) atoms. The van der Waals surface area contributed by atoms with E-state index in [1.807, 2.05) is 46.8 Å². The summed E-state index contributed by atoms with van der Waals surface area (Å²) in [6.07, 6.45) is 8.67. The van der Waals surface area contributed by atoms with Gasteiger partial charge in [0.25, 0.3) is 0 Å². The average Bonchev–Trinajstić information content (AvgIpc) is 3.13. The number of hydrogen-bond donors (Lipinski definition) is 0. The second-order valence-electron chi connectivity index (χ2n) is 7.33. The molecule has 2 aromatic heterocycles. The van der Waals surface area contributed by atoms with Crippen LogP contribution < -0.4 is 0 Å². The van der Waals surface area contributed by atoms with Gasteiger partial charge in [0.15, 0.2) is 0 Å². The summed E-state index contributed by atoms with van der Waals surface area (Å²) < 4.78 is 1.99. The van der Waals surface area contributed by atoms with E-state index in [2.05, 4.69) is 46.3 Å². The molecule has 0 saturated carbocycles. The molecular formula is C23H26N4O. The second kappa shape index (κ2) is 8.40. The topological polar surface area (TPSA) is 40.9 Å². The van der Waals surface area contributed by atoms with Gasteiger partial charge in [-0.1, -0.05) is 48.6 Å². The van der Waals surface area contributed by atoms with E-state index in [-0.39, 0.29) is 5.91 Å². The maximum absolute atomic E-state index is 12.7. The number of amides is 1. The van der Waals surface area contributed by atoms with E-state index in [0.29, 0.717) is 6.42 Å². The highest BCUT2D eigenvalue weighted by molar-refractivity contribution is 5.78. The number of imidazole rings is 1. The largest absolute Gasteiger partial charge is 0.340 e. The van der Waals surface area contributed by atoms with Crippen LogP contribution in [-0.2, 0) is 11.2 Å². The van der Waals surface area contributed by atoms with E-state index < -0.39 is 0 Å². The molecule has 5 nitrogen and oxygen atoms in total. The highest BCUT2D eigenvalue weighted by Crippen LogP contribution is 2.12. The third-order valence-corrected chi connectivity index (χ3v) is 5.26. The van der Waals surface area contributed by atoms with E-state index in [9.17, 15) is 4.79 Å². The maximum Gasteiger partial charge on any atom is 0.228 e. The number of fused-ring (bicyclic) bond motifs is 1. The summed E-state index contributed by atoms with van der Waals surface area (Å²) in [7, 11) is 0. The lowest BCUT2D eigenvalue weighted by Gasteiger charge is -2.34. The first kappa shape index (κ1) is 18.4. The highest BCUT2D eigenvalue weighted by Gasteiger charge is 2.21. The fourth-order valence-corrected chi connectivity index (χ4v) is 3.64. The van der Waals surface area contributed by atoms with Crippen LogP contribution in [0.25, 0.3) is 11.7 Å². The molecular weight excluding hydrogens is 348 g/mol. The summed E-state index contributed by atoms with van der Waals surface area (Å²) in [5.41, 5.74) is 4.12. The molecule has 5 heteroatoms. The Morgan fingerprint density at radius 1 is 1.07 bits per heavy atom. The molecule has 144 valence electrons. The first-order valence-corrected chi connectivity index (χ1v) is 9.84. The van der Waals surface area contributed by atoms with Crippen LogP contribution in [0.4, 0.5) is 0 Å². The van der Waals surface area contributed by atoms with Crippen LogP contribution in [0, 0.1) is 6.92 Å². The van der Waals surface area contributed by atoms with Gasteiger partial charge in [-0.15, -0.1) is 0 Å². The van der Waals surface area contributed by atoms with E-state index in [0.717, 1.165) is 49.6 Å². The van der Waals surface area contributed by atoms with Crippen LogP contribution in [0.5, 0.6) is 0 Å². The van der Waals surface area contributed by atoms with Crippen LogP contribution in [0.3, 0.4) is 0 Å². The molecule has 1 aliphatic heterocycles. The van der Waals surface area contributed by atoms with Crippen molar-refractivity contribution in [1.29, 1.82) is 0 Å². The van der Waals surface area contributed by atoms with Gasteiger partial charge >= 0.3 is 0 Å². The predicted molar refractivity (Wildman–Crippen MR) is 112 cm³/mol. The second-order valence-corrected chi connectivity index (χ2v) is 7.33. The van der Waals surface area contributed by atoms with Crippen molar-refractivity contribution in [2.45, 2.75) is 13.3 Å². The Morgan fingerprint density at radius 3 is 2.61 bits per heavy atom. The van der Waals surface area contributed by atoms with Crippen LogP contribution >= 0.6 is 0 Å². The van der Waals surface area contributed by atoms with Gasteiger partial charge in [-0.05, 0) is 24.1 Å². The molecule has 0 atom stereocenters. The summed E-state index contributed by atoms with van der Waals surface area (Å²) in [4.78, 5) is 21.7. The van der Waals surface area contributed by atoms with Crippen molar-refractivity contribution in [3.05, 3.63) is 77.8 Å². The van der Waals surface area contributed by atoms with Crippen LogP contribution in [-0.4, -0.2) is 57.8 Å². The number of benzene rings is 1. The van der Waals surface area contributed by atoms with Crippen molar-refractivity contribution in [2.75, 3.05) is 32.7 Å². The molecule has 1 fully saturated rings. The lowest BCUT2D eigenvalue weighted by atomic mass is 10.2. The normalized spacial score (nSPS) is 15.5. The molecule has 4 rings (SSSR count). The third kappa shape index (κ3) is 4.31. The molecule has 0 radical (unpaired) electrons. The van der Waals surface area contributed by atoms with Gasteiger partial charge in [0, 0.05) is 45.1 Å². The maximum atomic E-state index is 12.7. The molecule has 0 unspecified atom stereocenters. The van der Waals surface area contributed by atoms with Gasteiger partial charge < -0.3 is 9.30 Å². The zero-order valence-corrected chi connectivity index (χ0v) is 16.3. The van der Waals surface area contributed by atoms with Crippen molar-refractivity contribution >= 4 is 17.6 Å². The zero-order chi connectivity index (χ0) is 19.3. The molecule has 3 aromatic rings. The summed E-state index contributed by atoms with van der Waals surface area (Å²) in [5.74, 6) is 0.167. The van der Waals surface area contributed by atoms with Crippen molar-refractivity contribution in [3.63, 3.8) is 0 Å². The first-order valence-electron chi connectivity index (χ1n) is 9.84. The summed E-state index contributed by atoms with van der Waals surface area (Å²) in [6, 6.07) is 14.4. The molecule has 1 aromatic carbocycles. The molecule has 1 aliphatic rings. The van der Waals surface area contributed by atoms with E-state index in [1.165, 1.54) is 5.56 Å². The predicted octanol–water partition coefficient (Wildman–Crippen LogP) is 3.04. The van der Waals surface area contributed by atoms with Gasteiger partial charge in [-0.2, -0.15) is 0 Å². The zero-order valence-electron chi connectivity index (χ0n) is 16.3. The molecule has 0 bridgehead atoms. The minimum Gasteiger partial charge on any atom is -0.340 e. The van der Waals surface area contributed by atoms with Crippen molar-refractivity contribution in [3.8, 4) is 0 Å². The third-order valence-electron chi connectivity index (χ3n) is 5.26. The number of hydrogen-bond acceptors (Lipinski definition) is 3. The molecule has 1 saturated heterocycles. The number of carbonyl (C=O) groups excluding carboxylic acids is 1. The van der Waals surface area contributed by atoms with Gasteiger partial charge in [-0.3, -0.25) is 9.69 Å². The van der Waals surface area contributed by atoms with E-state index in [4.69, 9.17) is 0 Å². The Balaban J connectivity index is 1.27. The standard InChI is InChI=1S/C23H26N4O/c1-19-7-5-12-27-18-21(24-23(19)27)17-22(28)26-15-13-25(14-16-26)11-6-10-20-8-3-2-4-9-20/h2-10,12,18H,11,13-17H2,1H3/b10-6+. The van der Waals surface area contributed by atoms with Crippen LogP contribution in [0.2, 0.25) is 0 Å². The Kier molecular flexibility index (Phi) is 5.53. The molecule has 1 amide bonds. The van der Waals surface area contributed by atoms with Crippen molar-refractivity contribution < 1.29 is 4.79 Å². The van der Waals surface area contributed by atoms with E-state index >= 15 is 0 Å². The number of nitrogens with zero attached hydrogens (tertiary/aromatic N) is 4. The SMILES string of the molecule is Cc1cccn2cc(CC(=O)N3CCN(C/C=C/c4ccccc4)CC3)nc12. The van der Waals surface area contributed by atoms with Gasteiger partial charge in [0.2, 0.25) is 5.91 Å². The number of pyridine rings is 1. The number of piperazine rings is 1. The average molecular weight is 374 g/mol. The number of aryl methyl sites for hydroxylation is 1. The number of rotatable bonds is 5. The monoisotopic (exact) mass is 374 g/mol. The Hall–Kier alpha value is -2.92. The van der Waals surface area contributed by atoms with Crippen LogP contribution in [0.15, 0.2) is 60.9 Å². The Labute approximate surface area is 165 Å². The first-order chi connectivity index (χ1) is 13.7. The smallest absolute Gasteiger partial charge is 0.228 e. The summed E-state index contributed by atoms with van der Waals surface area (Å²) >= 11 is 0. The van der Waals surface area contributed by atoms with E-state index in [1.54, 1.807) is 0 Å². The highest BCUT2D eigenvalue weighted by atomic mass is 16.2. The fraction of sp³-hybridized carbons (Fsp3) is 0.304. The summed E-state index contributed by atoms with van der Waals surface area (Å²) in [5, 5.41) is 0.